The molecule has 1 heterocycles. The fraction of sp³-hybridized carbons (Fsp3) is 0.167. The van der Waals surface area contributed by atoms with Gasteiger partial charge in [-0.3, -0.25) is 9.59 Å². The molecule has 1 aromatic carbocycles. The quantitative estimate of drug-likeness (QED) is 0.492. The van der Waals surface area contributed by atoms with Crippen molar-refractivity contribution in [3.05, 3.63) is 33.9 Å². The lowest BCUT2D eigenvalue weighted by atomic mass is 9.94. The maximum atomic E-state index is 11.6. The molecule has 2 aliphatic rings. The lowest BCUT2D eigenvalue weighted by molar-refractivity contribution is 0.0443. The number of hydrogen-bond acceptors (Lipinski definition) is 5. The topological polar surface area (TPSA) is 77.5 Å². The molecule has 0 bridgehead atoms. The van der Waals surface area contributed by atoms with Crippen molar-refractivity contribution >= 4 is 23.5 Å². The molecule has 5 nitrogen and oxygen atoms in total. The van der Waals surface area contributed by atoms with Crippen LogP contribution in [0.25, 0.3) is 0 Å². The van der Waals surface area contributed by atoms with Crippen LogP contribution in [0.2, 0.25) is 0 Å². The molecule has 1 aliphatic carbocycles. The summed E-state index contributed by atoms with van der Waals surface area (Å²) in [6, 6.07) is 1.29. The fourth-order valence-electron chi connectivity index (χ4n) is 2.34. The number of ketones is 2. The second-order valence-corrected chi connectivity index (χ2v) is 4.05. The minimum Gasteiger partial charge on any atom is -0.386 e. The summed E-state index contributed by atoms with van der Waals surface area (Å²) in [4.78, 5) is 46.0. The van der Waals surface area contributed by atoms with Crippen LogP contribution in [0.5, 0.6) is 0 Å². The highest BCUT2D eigenvalue weighted by Crippen LogP contribution is 2.33. The number of cyclic esters (lactones) is 2. The normalized spacial score (nSPS) is 17.2. The Kier molecular flexibility index (Phi) is 1.68. The van der Waals surface area contributed by atoms with Crippen molar-refractivity contribution in [1.29, 1.82) is 0 Å². The molecule has 0 fully saturated rings. The Balaban J connectivity index is 2.42. The van der Waals surface area contributed by atoms with Gasteiger partial charge in [-0.05, 0) is 18.6 Å². The molecular weight excluding hydrogens is 224 g/mol. The summed E-state index contributed by atoms with van der Waals surface area (Å²) in [7, 11) is 0. The number of ether oxygens (including phenoxy) is 1. The Labute approximate surface area is 95.4 Å². The number of benzene rings is 1. The molecule has 1 aromatic rings. The summed E-state index contributed by atoms with van der Waals surface area (Å²) in [6.07, 6.45) is -0.192. The molecule has 0 spiro atoms. The Hall–Kier alpha value is -2.30. The number of esters is 2. The van der Waals surface area contributed by atoms with Crippen molar-refractivity contribution in [2.24, 2.45) is 0 Å². The van der Waals surface area contributed by atoms with E-state index >= 15 is 0 Å². The van der Waals surface area contributed by atoms with Crippen molar-refractivity contribution in [2.45, 2.75) is 13.3 Å². The highest BCUT2D eigenvalue weighted by Gasteiger charge is 2.38. The summed E-state index contributed by atoms with van der Waals surface area (Å²) < 4.78 is 4.46. The molecule has 17 heavy (non-hydrogen) atoms. The maximum Gasteiger partial charge on any atom is 0.347 e. The molecule has 0 N–H and O–H groups in total. The molecule has 84 valence electrons. The summed E-state index contributed by atoms with van der Waals surface area (Å²) in [5, 5.41) is 0. The summed E-state index contributed by atoms with van der Waals surface area (Å²) >= 11 is 0. The van der Waals surface area contributed by atoms with E-state index in [-0.39, 0.29) is 40.2 Å². The molecule has 5 heteroatoms. The SMILES string of the molecule is Cc1c2c(cc3c1C(=O)OC3=O)C(=O)CC2=O. The monoisotopic (exact) mass is 230 g/mol. The highest BCUT2D eigenvalue weighted by molar-refractivity contribution is 6.27. The predicted molar refractivity (Wildman–Crippen MR) is 54.2 cm³/mol. The van der Waals surface area contributed by atoms with Crippen LogP contribution in [-0.4, -0.2) is 23.5 Å². The van der Waals surface area contributed by atoms with Gasteiger partial charge in [0.1, 0.15) is 0 Å². The second-order valence-electron chi connectivity index (χ2n) is 4.05. The van der Waals surface area contributed by atoms with Crippen molar-refractivity contribution in [3.63, 3.8) is 0 Å². The fourth-order valence-corrected chi connectivity index (χ4v) is 2.34. The average Bonchev–Trinajstić information content (AvgIpc) is 2.68. The first-order valence-electron chi connectivity index (χ1n) is 5.01. The van der Waals surface area contributed by atoms with Crippen LogP contribution in [-0.2, 0) is 4.74 Å². The number of carbonyl (C=O) groups is 4. The molecule has 1 aliphatic heterocycles. The van der Waals surface area contributed by atoms with Gasteiger partial charge in [0, 0.05) is 11.1 Å². The van der Waals surface area contributed by atoms with E-state index in [9.17, 15) is 19.2 Å². The van der Waals surface area contributed by atoms with E-state index in [1.165, 1.54) is 6.07 Å². The maximum absolute atomic E-state index is 11.6. The zero-order valence-electron chi connectivity index (χ0n) is 8.83. The predicted octanol–water partition coefficient (Wildman–Crippen LogP) is 1.07. The van der Waals surface area contributed by atoms with Gasteiger partial charge in [-0.2, -0.15) is 0 Å². The molecule has 0 radical (unpaired) electrons. The number of fused-ring (bicyclic) bond motifs is 2. The molecular formula is C12H6O5. The lowest BCUT2D eigenvalue weighted by Crippen LogP contribution is -2.04. The third-order valence-corrected chi connectivity index (χ3v) is 3.09. The van der Waals surface area contributed by atoms with Crippen LogP contribution in [0.15, 0.2) is 6.07 Å². The van der Waals surface area contributed by atoms with Crippen LogP contribution in [0.1, 0.15) is 53.4 Å². The molecule has 0 amide bonds. The van der Waals surface area contributed by atoms with Crippen molar-refractivity contribution < 1.29 is 23.9 Å². The largest absolute Gasteiger partial charge is 0.386 e. The van der Waals surface area contributed by atoms with Crippen molar-refractivity contribution in [2.75, 3.05) is 0 Å². The molecule has 3 rings (SSSR count). The van der Waals surface area contributed by atoms with E-state index in [1.54, 1.807) is 6.92 Å². The highest BCUT2D eigenvalue weighted by atomic mass is 16.6. The number of hydrogen-bond donors (Lipinski definition) is 0. The summed E-state index contributed by atoms with van der Waals surface area (Å²) in [6.45, 7) is 1.55. The summed E-state index contributed by atoms with van der Waals surface area (Å²) in [5.41, 5.74) is 1.02. The van der Waals surface area contributed by atoms with Crippen LogP contribution in [0.4, 0.5) is 0 Å². The van der Waals surface area contributed by atoms with Crippen molar-refractivity contribution in [1.82, 2.24) is 0 Å². The van der Waals surface area contributed by atoms with Crippen LogP contribution in [0, 0.1) is 6.92 Å². The van der Waals surface area contributed by atoms with Crippen molar-refractivity contribution in [3.8, 4) is 0 Å². The van der Waals surface area contributed by atoms with Gasteiger partial charge in [-0.25, -0.2) is 9.59 Å². The number of carbonyl (C=O) groups excluding carboxylic acids is 4. The minimum absolute atomic E-state index is 0.0781. The second kappa shape index (κ2) is 2.88. The van der Waals surface area contributed by atoms with E-state index in [1.807, 2.05) is 0 Å². The molecule has 0 atom stereocenters. The molecule has 0 saturated carbocycles. The van der Waals surface area contributed by atoms with Gasteiger partial charge in [-0.1, -0.05) is 0 Å². The van der Waals surface area contributed by atoms with E-state index in [4.69, 9.17) is 0 Å². The van der Waals surface area contributed by atoms with Gasteiger partial charge in [0.2, 0.25) is 0 Å². The Morgan fingerprint density at radius 2 is 1.65 bits per heavy atom. The number of rotatable bonds is 0. The molecule has 0 unspecified atom stereocenters. The van der Waals surface area contributed by atoms with Gasteiger partial charge >= 0.3 is 11.9 Å². The standard InChI is InChI=1S/C12H6O5/c1-4-9-5(7(13)3-8(9)14)2-6-10(4)12(16)17-11(6)15/h2H,3H2,1H3. The summed E-state index contributed by atoms with van der Waals surface area (Å²) in [5.74, 6) is -2.14. The smallest absolute Gasteiger partial charge is 0.347 e. The number of Topliss-reactive ketones (excluding diaryl/α,β-unsaturated/α-hetero) is 2. The first-order valence-corrected chi connectivity index (χ1v) is 5.01. The third kappa shape index (κ3) is 1.08. The van der Waals surface area contributed by atoms with E-state index in [0.29, 0.717) is 5.56 Å². The van der Waals surface area contributed by atoms with E-state index < -0.39 is 11.9 Å². The van der Waals surface area contributed by atoms with Gasteiger partial charge in [-0.15, -0.1) is 0 Å². The zero-order valence-corrected chi connectivity index (χ0v) is 8.83. The Morgan fingerprint density at radius 3 is 2.35 bits per heavy atom. The first kappa shape index (κ1) is 9.89. The van der Waals surface area contributed by atoms with E-state index in [2.05, 4.69) is 4.74 Å². The van der Waals surface area contributed by atoms with Gasteiger partial charge < -0.3 is 4.74 Å². The van der Waals surface area contributed by atoms with Crippen LogP contribution >= 0.6 is 0 Å². The van der Waals surface area contributed by atoms with Gasteiger partial charge in [0.05, 0.1) is 17.5 Å². The zero-order chi connectivity index (χ0) is 12.3. The lowest BCUT2D eigenvalue weighted by Gasteiger charge is -2.04. The molecule has 0 aromatic heterocycles. The van der Waals surface area contributed by atoms with E-state index in [0.717, 1.165) is 0 Å². The minimum atomic E-state index is -0.761. The Morgan fingerprint density at radius 1 is 0.941 bits per heavy atom. The van der Waals surface area contributed by atoms with Crippen LogP contribution < -0.4 is 0 Å². The third-order valence-electron chi connectivity index (χ3n) is 3.09. The van der Waals surface area contributed by atoms with Gasteiger partial charge in [0.25, 0.3) is 0 Å². The Bertz CT molecular complexity index is 587. The van der Waals surface area contributed by atoms with Crippen LogP contribution in [0.3, 0.4) is 0 Å². The average molecular weight is 230 g/mol. The molecule has 0 saturated heterocycles. The first-order chi connectivity index (χ1) is 8.00. The van der Waals surface area contributed by atoms with Gasteiger partial charge in [0.15, 0.2) is 11.6 Å².